The second-order valence-corrected chi connectivity index (χ2v) is 4.86. The van der Waals surface area contributed by atoms with E-state index in [0.717, 1.165) is 32.8 Å². The van der Waals surface area contributed by atoms with E-state index in [-0.39, 0.29) is 0 Å². The molecule has 1 aliphatic heterocycles. The quantitative estimate of drug-likeness (QED) is 0.771. The van der Waals surface area contributed by atoms with Crippen LogP contribution in [0.1, 0.15) is 18.4 Å². The van der Waals surface area contributed by atoms with Gasteiger partial charge in [0.1, 0.15) is 0 Å². The van der Waals surface area contributed by atoms with Gasteiger partial charge in [0, 0.05) is 51.3 Å². The van der Waals surface area contributed by atoms with Crippen molar-refractivity contribution in [3.8, 4) is 0 Å². The smallest absolute Gasteiger partial charge is 0.0480 e. The highest BCUT2D eigenvalue weighted by atomic mass is 16.5. The molecule has 4 nitrogen and oxygen atoms in total. The van der Waals surface area contributed by atoms with Gasteiger partial charge in [0.05, 0.1) is 0 Å². The van der Waals surface area contributed by atoms with Gasteiger partial charge in [-0.25, -0.2) is 0 Å². The largest absolute Gasteiger partial charge is 0.381 e. The molecule has 0 aliphatic carbocycles. The zero-order valence-electron chi connectivity index (χ0n) is 11.1. The lowest BCUT2D eigenvalue weighted by atomic mass is 10.1. The molecule has 1 saturated heterocycles. The van der Waals surface area contributed by atoms with Crippen LogP contribution in [0.2, 0.25) is 0 Å². The summed E-state index contributed by atoms with van der Waals surface area (Å²) in [6.45, 7) is 4.83. The van der Waals surface area contributed by atoms with E-state index in [2.05, 4.69) is 28.3 Å². The van der Waals surface area contributed by atoms with Crippen LogP contribution in [-0.4, -0.2) is 49.3 Å². The van der Waals surface area contributed by atoms with Gasteiger partial charge in [0.2, 0.25) is 0 Å². The second-order valence-electron chi connectivity index (χ2n) is 4.86. The molecule has 0 unspecified atom stereocenters. The first-order valence-electron chi connectivity index (χ1n) is 6.74. The Kier molecular flexibility index (Phi) is 5.58. The van der Waals surface area contributed by atoms with E-state index in [4.69, 9.17) is 4.74 Å². The van der Waals surface area contributed by atoms with E-state index in [1.54, 1.807) is 0 Å². The number of ether oxygens (including phenoxy) is 1. The average molecular weight is 249 g/mol. The van der Waals surface area contributed by atoms with Crippen molar-refractivity contribution in [1.29, 1.82) is 0 Å². The van der Waals surface area contributed by atoms with Crippen LogP contribution in [-0.2, 0) is 11.3 Å². The Morgan fingerprint density at radius 1 is 1.44 bits per heavy atom. The van der Waals surface area contributed by atoms with Crippen molar-refractivity contribution in [2.24, 2.45) is 0 Å². The van der Waals surface area contributed by atoms with Crippen molar-refractivity contribution >= 4 is 0 Å². The predicted octanol–water partition coefficient (Wildman–Crippen LogP) is 1.28. The van der Waals surface area contributed by atoms with E-state index in [0.29, 0.717) is 6.04 Å². The van der Waals surface area contributed by atoms with Crippen molar-refractivity contribution in [2.75, 3.05) is 33.4 Å². The van der Waals surface area contributed by atoms with Crippen LogP contribution in [0.3, 0.4) is 0 Å². The molecule has 0 atom stereocenters. The predicted molar refractivity (Wildman–Crippen MR) is 72.4 cm³/mol. The van der Waals surface area contributed by atoms with E-state index >= 15 is 0 Å². The number of likely N-dealkylation sites (N-methyl/N-ethyl adjacent to an activating group) is 1. The second kappa shape index (κ2) is 7.46. The van der Waals surface area contributed by atoms with Crippen molar-refractivity contribution in [1.82, 2.24) is 15.2 Å². The Bertz CT molecular complexity index is 325. The Balaban J connectivity index is 1.60. The zero-order valence-corrected chi connectivity index (χ0v) is 11.1. The van der Waals surface area contributed by atoms with Gasteiger partial charge in [-0.3, -0.25) is 4.98 Å². The van der Waals surface area contributed by atoms with Gasteiger partial charge in [0.15, 0.2) is 0 Å². The third-order valence-corrected chi connectivity index (χ3v) is 3.51. The summed E-state index contributed by atoms with van der Waals surface area (Å²) < 4.78 is 5.38. The molecule has 2 rings (SSSR count). The summed E-state index contributed by atoms with van der Waals surface area (Å²) in [6.07, 6.45) is 6.05. The molecule has 1 aromatic rings. The molecule has 0 radical (unpaired) electrons. The summed E-state index contributed by atoms with van der Waals surface area (Å²) in [6, 6.07) is 4.77. The summed E-state index contributed by atoms with van der Waals surface area (Å²) in [7, 11) is 2.21. The number of nitrogens with zero attached hydrogens (tertiary/aromatic N) is 2. The molecule has 1 N–H and O–H groups in total. The van der Waals surface area contributed by atoms with Gasteiger partial charge in [-0.15, -0.1) is 0 Å². The van der Waals surface area contributed by atoms with Crippen LogP contribution in [0.4, 0.5) is 0 Å². The Labute approximate surface area is 109 Å². The minimum Gasteiger partial charge on any atom is -0.381 e. The van der Waals surface area contributed by atoms with Crippen LogP contribution in [0.5, 0.6) is 0 Å². The summed E-state index contributed by atoms with van der Waals surface area (Å²) in [5.74, 6) is 0. The summed E-state index contributed by atoms with van der Waals surface area (Å²) in [5.41, 5.74) is 1.24. The normalized spacial score (nSPS) is 17.2. The van der Waals surface area contributed by atoms with Crippen molar-refractivity contribution < 1.29 is 4.74 Å². The Morgan fingerprint density at radius 2 is 2.28 bits per heavy atom. The van der Waals surface area contributed by atoms with Crippen molar-refractivity contribution in [3.05, 3.63) is 30.1 Å². The SMILES string of the molecule is CN(CCNCc1cccnc1)C1CCOCC1. The molecule has 1 aromatic heterocycles. The molecule has 1 aliphatic rings. The number of nitrogens with one attached hydrogen (secondary N) is 1. The molecule has 0 bridgehead atoms. The summed E-state index contributed by atoms with van der Waals surface area (Å²) in [5, 5.41) is 3.46. The monoisotopic (exact) mass is 249 g/mol. The molecular weight excluding hydrogens is 226 g/mol. The highest BCUT2D eigenvalue weighted by Gasteiger charge is 2.17. The lowest BCUT2D eigenvalue weighted by Crippen LogP contribution is -2.40. The summed E-state index contributed by atoms with van der Waals surface area (Å²) >= 11 is 0. The Hall–Kier alpha value is -0.970. The molecule has 0 spiro atoms. The number of hydrogen-bond acceptors (Lipinski definition) is 4. The first kappa shape index (κ1) is 13.5. The molecule has 4 heteroatoms. The van der Waals surface area contributed by atoms with Crippen LogP contribution in [0.25, 0.3) is 0 Å². The fourth-order valence-electron chi connectivity index (χ4n) is 2.30. The van der Waals surface area contributed by atoms with E-state index in [9.17, 15) is 0 Å². The molecule has 18 heavy (non-hydrogen) atoms. The fourth-order valence-corrected chi connectivity index (χ4v) is 2.30. The summed E-state index contributed by atoms with van der Waals surface area (Å²) in [4.78, 5) is 6.55. The van der Waals surface area contributed by atoms with Crippen LogP contribution >= 0.6 is 0 Å². The van der Waals surface area contributed by atoms with E-state index < -0.39 is 0 Å². The fraction of sp³-hybridized carbons (Fsp3) is 0.643. The van der Waals surface area contributed by atoms with Gasteiger partial charge < -0.3 is 15.0 Å². The standard InChI is InChI=1S/C14H23N3O/c1-17(14-4-9-18-10-5-14)8-7-16-12-13-3-2-6-15-11-13/h2-3,6,11,14,16H,4-5,7-10,12H2,1H3. The van der Waals surface area contributed by atoms with Gasteiger partial charge in [-0.1, -0.05) is 6.07 Å². The average Bonchev–Trinajstić information content (AvgIpc) is 2.45. The molecule has 1 fully saturated rings. The zero-order chi connectivity index (χ0) is 12.6. The third-order valence-electron chi connectivity index (χ3n) is 3.51. The van der Waals surface area contributed by atoms with Crippen molar-refractivity contribution in [2.45, 2.75) is 25.4 Å². The Morgan fingerprint density at radius 3 is 3.00 bits per heavy atom. The number of hydrogen-bond donors (Lipinski definition) is 1. The maximum Gasteiger partial charge on any atom is 0.0480 e. The number of pyridine rings is 1. The molecule has 0 aromatic carbocycles. The van der Waals surface area contributed by atoms with Crippen LogP contribution < -0.4 is 5.32 Å². The van der Waals surface area contributed by atoms with Crippen molar-refractivity contribution in [3.63, 3.8) is 0 Å². The third kappa shape index (κ3) is 4.37. The molecule has 2 heterocycles. The number of rotatable bonds is 6. The van der Waals surface area contributed by atoms with Gasteiger partial charge >= 0.3 is 0 Å². The molecule has 0 saturated carbocycles. The lowest BCUT2D eigenvalue weighted by Gasteiger charge is -2.31. The minimum atomic E-state index is 0.693. The van der Waals surface area contributed by atoms with Crippen LogP contribution in [0, 0.1) is 0 Å². The van der Waals surface area contributed by atoms with Crippen LogP contribution in [0.15, 0.2) is 24.5 Å². The molecule has 100 valence electrons. The topological polar surface area (TPSA) is 37.4 Å². The van der Waals surface area contributed by atoms with E-state index in [1.165, 1.54) is 18.4 Å². The minimum absolute atomic E-state index is 0.693. The van der Waals surface area contributed by atoms with Gasteiger partial charge in [-0.2, -0.15) is 0 Å². The maximum atomic E-state index is 5.38. The first-order chi connectivity index (χ1) is 8.86. The maximum absolute atomic E-state index is 5.38. The highest BCUT2D eigenvalue weighted by molar-refractivity contribution is 5.07. The van der Waals surface area contributed by atoms with Gasteiger partial charge in [-0.05, 0) is 31.5 Å². The lowest BCUT2D eigenvalue weighted by molar-refractivity contribution is 0.0434. The first-order valence-corrected chi connectivity index (χ1v) is 6.74. The van der Waals surface area contributed by atoms with E-state index in [1.807, 2.05) is 18.5 Å². The number of aromatic nitrogens is 1. The highest BCUT2D eigenvalue weighted by Crippen LogP contribution is 2.11. The van der Waals surface area contributed by atoms with Gasteiger partial charge in [0.25, 0.3) is 0 Å². The molecular formula is C14H23N3O. The molecule has 0 amide bonds.